The Labute approximate surface area is 139 Å². The fourth-order valence-corrected chi connectivity index (χ4v) is 2.86. The van der Waals surface area contributed by atoms with Crippen molar-refractivity contribution >= 4 is 46.5 Å². The van der Waals surface area contributed by atoms with E-state index >= 15 is 0 Å². The molecule has 0 saturated carbocycles. The summed E-state index contributed by atoms with van der Waals surface area (Å²) in [5.41, 5.74) is 7.72. The lowest BCUT2D eigenvalue weighted by Gasteiger charge is -2.09. The zero-order chi connectivity index (χ0) is 14.4. The van der Waals surface area contributed by atoms with Crippen LogP contribution in [0, 0.1) is 0 Å². The van der Waals surface area contributed by atoms with Crippen molar-refractivity contribution in [1.82, 2.24) is 4.98 Å². The van der Waals surface area contributed by atoms with Gasteiger partial charge in [-0.25, -0.2) is 4.98 Å². The van der Waals surface area contributed by atoms with E-state index in [1.54, 1.807) is 11.8 Å². The molecule has 0 fully saturated rings. The third kappa shape index (κ3) is 5.32. The first-order valence-electron chi connectivity index (χ1n) is 6.27. The molecule has 0 saturated heterocycles. The molecule has 21 heavy (non-hydrogen) atoms. The van der Waals surface area contributed by atoms with Crippen molar-refractivity contribution in [2.75, 3.05) is 17.3 Å². The Bertz CT molecular complexity index is 562. The Hall–Kier alpha value is -1.08. The summed E-state index contributed by atoms with van der Waals surface area (Å²) in [7, 11) is 0. The molecule has 1 aromatic carbocycles. The monoisotopic (exact) mass is 343 g/mol. The number of aromatic nitrogens is 1. The van der Waals surface area contributed by atoms with Crippen LogP contribution < -0.4 is 11.1 Å². The van der Waals surface area contributed by atoms with Crippen LogP contribution in [0.1, 0.15) is 6.42 Å². The van der Waals surface area contributed by atoms with E-state index in [1.165, 1.54) is 11.3 Å². The molecule has 0 spiro atoms. The maximum absolute atomic E-state index is 11.9. The number of rotatable bonds is 6. The predicted octanol–water partition coefficient (Wildman–Crippen LogP) is 3.25. The van der Waals surface area contributed by atoms with Crippen molar-refractivity contribution in [1.29, 1.82) is 0 Å². The molecule has 4 nitrogen and oxygen atoms in total. The number of anilines is 1. The lowest BCUT2D eigenvalue weighted by molar-refractivity contribution is -0.117. The normalized spacial score (nSPS) is 11.5. The van der Waals surface area contributed by atoms with Gasteiger partial charge in [-0.15, -0.1) is 23.7 Å². The van der Waals surface area contributed by atoms with Crippen LogP contribution in [-0.2, 0) is 4.79 Å². The molecule has 0 aliphatic rings. The van der Waals surface area contributed by atoms with Crippen LogP contribution in [0.4, 0.5) is 5.13 Å². The predicted molar refractivity (Wildman–Crippen MR) is 94.4 cm³/mol. The smallest absolute Gasteiger partial charge is 0.243 e. The fourth-order valence-electron chi connectivity index (χ4n) is 1.65. The molecule has 0 aliphatic carbocycles. The van der Waals surface area contributed by atoms with Crippen LogP contribution in [0.2, 0.25) is 0 Å². The number of hydrogen-bond donors (Lipinski definition) is 2. The molecule has 1 atom stereocenters. The molecule has 0 aliphatic heterocycles. The summed E-state index contributed by atoms with van der Waals surface area (Å²) < 4.78 is 0. The second-order valence-corrected chi connectivity index (χ2v) is 6.12. The molecule has 1 amide bonds. The van der Waals surface area contributed by atoms with E-state index in [9.17, 15) is 4.79 Å². The molecule has 1 heterocycles. The van der Waals surface area contributed by atoms with Gasteiger partial charge in [-0.1, -0.05) is 30.3 Å². The fraction of sp³-hybridized carbons (Fsp3) is 0.286. The second-order valence-electron chi connectivity index (χ2n) is 4.28. The Morgan fingerprint density at radius 3 is 2.81 bits per heavy atom. The number of thioether (sulfide) groups is 1. The van der Waals surface area contributed by atoms with Crippen LogP contribution in [0.15, 0.2) is 35.7 Å². The van der Waals surface area contributed by atoms with E-state index in [1.807, 2.05) is 42.0 Å². The van der Waals surface area contributed by atoms with Crippen LogP contribution in [0.3, 0.4) is 0 Å². The summed E-state index contributed by atoms with van der Waals surface area (Å²) in [6.45, 7) is 0. The van der Waals surface area contributed by atoms with E-state index < -0.39 is 6.04 Å². The lowest BCUT2D eigenvalue weighted by atomic mass is 10.2. The highest BCUT2D eigenvalue weighted by atomic mass is 35.5. The summed E-state index contributed by atoms with van der Waals surface area (Å²) >= 11 is 3.09. The van der Waals surface area contributed by atoms with Gasteiger partial charge in [0, 0.05) is 10.9 Å². The molecule has 2 aromatic rings. The molecule has 0 unspecified atom stereocenters. The van der Waals surface area contributed by atoms with Gasteiger partial charge in [0.05, 0.1) is 11.7 Å². The first-order chi connectivity index (χ1) is 9.70. The third-order valence-corrected chi connectivity index (χ3v) is 4.18. The van der Waals surface area contributed by atoms with Crippen molar-refractivity contribution in [3.05, 3.63) is 35.7 Å². The first kappa shape index (κ1) is 18.0. The summed E-state index contributed by atoms with van der Waals surface area (Å²) in [5.74, 6) is 0.704. The number of benzene rings is 1. The third-order valence-electron chi connectivity index (χ3n) is 2.77. The Morgan fingerprint density at radius 2 is 2.14 bits per heavy atom. The van der Waals surface area contributed by atoms with E-state index in [2.05, 4.69) is 10.3 Å². The van der Waals surface area contributed by atoms with Crippen LogP contribution in [0.25, 0.3) is 11.3 Å². The molecule has 7 heteroatoms. The number of nitrogens with one attached hydrogen (secondary N) is 1. The van der Waals surface area contributed by atoms with Gasteiger partial charge in [-0.2, -0.15) is 11.8 Å². The number of nitrogens with two attached hydrogens (primary N) is 1. The van der Waals surface area contributed by atoms with Crippen LogP contribution in [-0.4, -0.2) is 28.9 Å². The second kappa shape index (κ2) is 9.04. The van der Waals surface area contributed by atoms with E-state index in [0.717, 1.165) is 17.0 Å². The maximum atomic E-state index is 11.9. The Kier molecular flexibility index (Phi) is 7.74. The van der Waals surface area contributed by atoms with Crippen LogP contribution in [0.5, 0.6) is 0 Å². The number of carbonyl (C=O) groups excluding carboxylic acids is 1. The topological polar surface area (TPSA) is 68.0 Å². The van der Waals surface area contributed by atoms with Gasteiger partial charge >= 0.3 is 0 Å². The highest BCUT2D eigenvalue weighted by Crippen LogP contribution is 2.24. The summed E-state index contributed by atoms with van der Waals surface area (Å²) in [6.07, 6.45) is 2.67. The van der Waals surface area contributed by atoms with Gasteiger partial charge in [0.1, 0.15) is 0 Å². The zero-order valence-corrected chi connectivity index (χ0v) is 14.1. The summed E-state index contributed by atoms with van der Waals surface area (Å²) in [6, 6.07) is 9.39. The van der Waals surface area contributed by atoms with Crippen molar-refractivity contribution in [3.63, 3.8) is 0 Å². The van der Waals surface area contributed by atoms with Crippen LogP contribution >= 0.6 is 35.5 Å². The van der Waals surface area contributed by atoms with Gasteiger partial charge < -0.3 is 11.1 Å². The minimum Gasteiger partial charge on any atom is -0.320 e. The van der Waals surface area contributed by atoms with Crippen molar-refractivity contribution in [2.24, 2.45) is 5.73 Å². The molecular formula is C14H18ClN3OS2. The molecule has 0 radical (unpaired) electrons. The Morgan fingerprint density at radius 1 is 1.43 bits per heavy atom. The SMILES string of the molecule is CSCC[C@H](N)C(=O)Nc1nc(-c2ccccc2)cs1.Cl. The minimum atomic E-state index is -0.480. The number of halogens is 1. The van der Waals surface area contributed by atoms with Gasteiger partial charge in [-0.05, 0) is 18.4 Å². The largest absolute Gasteiger partial charge is 0.320 e. The molecule has 3 N–H and O–H groups in total. The number of carbonyl (C=O) groups is 1. The van der Waals surface area contributed by atoms with Crippen molar-refractivity contribution < 1.29 is 4.79 Å². The molecular weight excluding hydrogens is 326 g/mol. The van der Waals surface area contributed by atoms with Gasteiger partial charge in [-0.3, -0.25) is 4.79 Å². The number of hydrogen-bond acceptors (Lipinski definition) is 5. The average Bonchev–Trinajstić information content (AvgIpc) is 2.94. The van der Waals surface area contributed by atoms with E-state index in [0.29, 0.717) is 11.6 Å². The standard InChI is InChI=1S/C14H17N3OS2.ClH/c1-19-8-7-11(15)13(18)17-14-16-12(9-20-14)10-5-3-2-4-6-10;/h2-6,9,11H,7-8,15H2,1H3,(H,16,17,18);1H/t11-;/m0./s1. The average molecular weight is 344 g/mol. The van der Waals surface area contributed by atoms with E-state index in [-0.39, 0.29) is 18.3 Å². The minimum absolute atomic E-state index is 0. The molecule has 2 rings (SSSR count). The summed E-state index contributed by atoms with van der Waals surface area (Å²) in [4.78, 5) is 16.3. The molecule has 0 bridgehead atoms. The number of nitrogens with zero attached hydrogens (tertiary/aromatic N) is 1. The van der Waals surface area contributed by atoms with Crippen molar-refractivity contribution in [3.8, 4) is 11.3 Å². The highest BCUT2D eigenvalue weighted by Gasteiger charge is 2.14. The van der Waals surface area contributed by atoms with Gasteiger partial charge in [0.2, 0.25) is 5.91 Å². The maximum Gasteiger partial charge on any atom is 0.243 e. The van der Waals surface area contributed by atoms with E-state index in [4.69, 9.17) is 5.73 Å². The molecule has 114 valence electrons. The Balaban J connectivity index is 0.00000220. The molecule has 1 aromatic heterocycles. The zero-order valence-electron chi connectivity index (χ0n) is 11.6. The van der Waals surface area contributed by atoms with Gasteiger partial charge in [0.15, 0.2) is 5.13 Å². The first-order valence-corrected chi connectivity index (χ1v) is 8.54. The number of amides is 1. The number of thiazole rings is 1. The van der Waals surface area contributed by atoms with Gasteiger partial charge in [0.25, 0.3) is 0 Å². The highest BCUT2D eigenvalue weighted by molar-refractivity contribution is 7.98. The summed E-state index contributed by atoms with van der Waals surface area (Å²) in [5, 5.41) is 5.30. The lowest BCUT2D eigenvalue weighted by Crippen LogP contribution is -2.36. The quantitative estimate of drug-likeness (QED) is 0.844. The van der Waals surface area contributed by atoms with Crippen molar-refractivity contribution in [2.45, 2.75) is 12.5 Å².